The second kappa shape index (κ2) is 9.88. The van der Waals surface area contributed by atoms with Gasteiger partial charge in [-0.2, -0.15) is 0 Å². The van der Waals surface area contributed by atoms with Crippen molar-refractivity contribution in [3.05, 3.63) is 98.8 Å². The van der Waals surface area contributed by atoms with Crippen LogP contribution in [0.1, 0.15) is 19.4 Å². The van der Waals surface area contributed by atoms with Crippen LogP contribution in [0.5, 0.6) is 0 Å². The summed E-state index contributed by atoms with van der Waals surface area (Å²) in [6, 6.07) is 20.6. The Hall–Kier alpha value is -3.98. The number of carbonyl (C=O) groups is 1. The van der Waals surface area contributed by atoms with Crippen molar-refractivity contribution in [2.75, 3.05) is 5.32 Å². The molecule has 0 fully saturated rings. The van der Waals surface area contributed by atoms with E-state index in [1.54, 1.807) is 37.3 Å². The van der Waals surface area contributed by atoms with Gasteiger partial charge in [0.15, 0.2) is 5.16 Å². The Kier molecular flexibility index (Phi) is 6.74. The first-order valence-electron chi connectivity index (χ1n) is 10.7. The smallest absolute Gasteiger partial charge is 0.292 e. The van der Waals surface area contributed by atoms with E-state index in [9.17, 15) is 19.7 Å². The van der Waals surface area contributed by atoms with Crippen LogP contribution >= 0.6 is 11.8 Å². The number of thioether (sulfide) groups is 1. The summed E-state index contributed by atoms with van der Waals surface area (Å²) in [5, 5.41) is 14.0. The van der Waals surface area contributed by atoms with Crippen LogP contribution in [0.25, 0.3) is 16.6 Å². The summed E-state index contributed by atoms with van der Waals surface area (Å²) in [5.41, 5.74) is 2.01. The van der Waals surface area contributed by atoms with E-state index in [1.165, 1.54) is 22.8 Å². The van der Waals surface area contributed by atoms with E-state index in [0.717, 1.165) is 23.7 Å². The predicted octanol–water partition coefficient (Wildman–Crippen LogP) is 4.98. The van der Waals surface area contributed by atoms with E-state index in [1.807, 2.05) is 24.3 Å². The minimum absolute atomic E-state index is 0.115. The Labute approximate surface area is 199 Å². The molecule has 172 valence electrons. The van der Waals surface area contributed by atoms with Gasteiger partial charge in [-0.25, -0.2) is 4.98 Å². The maximum atomic E-state index is 13.4. The van der Waals surface area contributed by atoms with Gasteiger partial charge in [-0.1, -0.05) is 55.1 Å². The molecule has 1 heterocycles. The zero-order valence-corrected chi connectivity index (χ0v) is 19.4. The summed E-state index contributed by atoms with van der Waals surface area (Å²) in [5.74, 6) is -0.436. The molecule has 0 radical (unpaired) electrons. The number of carbonyl (C=O) groups excluding carboxylic acids is 1. The van der Waals surface area contributed by atoms with Crippen LogP contribution in [0.15, 0.2) is 82.7 Å². The quantitative estimate of drug-likeness (QED) is 0.175. The number of anilines is 1. The number of amides is 1. The van der Waals surface area contributed by atoms with Gasteiger partial charge in [0.05, 0.1) is 26.8 Å². The SMILES string of the molecule is CCc1ccc(-n2c(SC(C)C(=O)Nc3ccccc3[N+](=O)[O-])nc3ccccc3c2=O)cc1. The molecule has 8 nitrogen and oxygen atoms in total. The maximum absolute atomic E-state index is 13.4. The van der Waals surface area contributed by atoms with Gasteiger partial charge in [-0.15, -0.1) is 0 Å². The van der Waals surface area contributed by atoms with Crippen molar-refractivity contribution in [3.8, 4) is 5.69 Å². The molecule has 1 atom stereocenters. The van der Waals surface area contributed by atoms with Gasteiger partial charge in [0.2, 0.25) is 5.91 Å². The number of benzene rings is 3. The first-order chi connectivity index (χ1) is 16.4. The molecule has 1 unspecified atom stereocenters. The Morgan fingerprint density at radius 3 is 2.47 bits per heavy atom. The minimum Gasteiger partial charge on any atom is -0.319 e. The fourth-order valence-corrected chi connectivity index (χ4v) is 4.41. The molecule has 0 aliphatic rings. The van der Waals surface area contributed by atoms with Crippen LogP contribution in [-0.2, 0) is 11.2 Å². The number of aryl methyl sites for hydroxylation is 1. The second-order valence-electron chi connectivity index (χ2n) is 7.60. The van der Waals surface area contributed by atoms with E-state index >= 15 is 0 Å². The molecule has 1 amide bonds. The number of rotatable bonds is 7. The van der Waals surface area contributed by atoms with Crippen molar-refractivity contribution >= 4 is 39.9 Å². The van der Waals surface area contributed by atoms with Crippen molar-refractivity contribution in [3.63, 3.8) is 0 Å². The molecule has 0 saturated carbocycles. The van der Waals surface area contributed by atoms with Crippen LogP contribution in [-0.4, -0.2) is 25.6 Å². The number of nitrogens with zero attached hydrogens (tertiary/aromatic N) is 3. The Balaban J connectivity index is 1.71. The van der Waals surface area contributed by atoms with Crippen LogP contribution in [0.3, 0.4) is 0 Å². The van der Waals surface area contributed by atoms with Gasteiger partial charge in [0, 0.05) is 6.07 Å². The van der Waals surface area contributed by atoms with Gasteiger partial charge >= 0.3 is 0 Å². The molecule has 1 N–H and O–H groups in total. The zero-order valence-electron chi connectivity index (χ0n) is 18.6. The Bertz CT molecular complexity index is 1430. The number of hydrogen-bond acceptors (Lipinski definition) is 6. The number of para-hydroxylation sites is 3. The van der Waals surface area contributed by atoms with Crippen molar-refractivity contribution in [2.45, 2.75) is 30.7 Å². The monoisotopic (exact) mass is 474 g/mol. The highest BCUT2D eigenvalue weighted by Gasteiger charge is 2.23. The highest BCUT2D eigenvalue weighted by molar-refractivity contribution is 8.00. The summed E-state index contributed by atoms with van der Waals surface area (Å²) in [6.07, 6.45) is 0.871. The topological polar surface area (TPSA) is 107 Å². The Morgan fingerprint density at radius 2 is 1.76 bits per heavy atom. The normalized spacial score (nSPS) is 11.8. The summed E-state index contributed by atoms with van der Waals surface area (Å²) >= 11 is 1.12. The molecule has 0 spiro atoms. The molecule has 1 aromatic heterocycles. The molecular formula is C25H22N4O4S. The molecule has 0 saturated heterocycles. The van der Waals surface area contributed by atoms with E-state index < -0.39 is 16.1 Å². The number of nitrogens with one attached hydrogen (secondary N) is 1. The fourth-order valence-electron chi connectivity index (χ4n) is 3.48. The van der Waals surface area contributed by atoms with Crippen LogP contribution in [0, 0.1) is 10.1 Å². The van der Waals surface area contributed by atoms with Crippen LogP contribution in [0.4, 0.5) is 11.4 Å². The lowest BCUT2D eigenvalue weighted by molar-refractivity contribution is -0.383. The maximum Gasteiger partial charge on any atom is 0.292 e. The number of aromatic nitrogens is 2. The van der Waals surface area contributed by atoms with Crippen molar-refractivity contribution < 1.29 is 9.72 Å². The zero-order chi connectivity index (χ0) is 24.2. The molecule has 34 heavy (non-hydrogen) atoms. The first kappa shape index (κ1) is 23.2. The van der Waals surface area contributed by atoms with E-state index in [0.29, 0.717) is 21.7 Å². The highest BCUT2D eigenvalue weighted by Crippen LogP contribution is 2.28. The van der Waals surface area contributed by atoms with E-state index in [-0.39, 0.29) is 16.9 Å². The van der Waals surface area contributed by atoms with Crippen LogP contribution < -0.4 is 10.9 Å². The first-order valence-corrected chi connectivity index (χ1v) is 11.6. The number of fused-ring (bicyclic) bond motifs is 1. The van der Waals surface area contributed by atoms with Gasteiger partial charge in [-0.3, -0.25) is 24.3 Å². The summed E-state index contributed by atoms with van der Waals surface area (Å²) in [6.45, 7) is 3.72. The second-order valence-corrected chi connectivity index (χ2v) is 8.90. The number of nitro groups is 1. The Morgan fingerprint density at radius 1 is 1.09 bits per heavy atom. The summed E-state index contributed by atoms with van der Waals surface area (Å²) < 4.78 is 1.50. The molecular weight excluding hydrogens is 452 g/mol. The van der Waals surface area contributed by atoms with Gasteiger partial charge in [0.1, 0.15) is 5.69 Å². The lowest BCUT2D eigenvalue weighted by Crippen LogP contribution is -2.26. The molecule has 3 aromatic carbocycles. The molecule has 4 rings (SSSR count). The average Bonchev–Trinajstić information content (AvgIpc) is 2.84. The molecule has 4 aromatic rings. The van der Waals surface area contributed by atoms with E-state index in [2.05, 4.69) is 17.2 Å². The van der Waals surface area contributed by atoms with Crippen LogP contribution in [0.2, 0.25) is 0 Å². The highest BCUT2D eigenvalue weighted by atomic mass is 32.2. The lowest BCUT2D eigenvalue weighted by Gasteiger charge is -2.17. The van der Waals surface area contributed by atoms with Crippen molar-refractivity contribution in [2.24, 2.45) is 0 Å². The molecule has 0 aliphatic carbocycles. The largest absolute Gasteiger partial charge is 0.319 e. The predicted molar refractivity (Wildman–Crippen MR) is 134 cm³/mol. The van der Waals surface area contributed by atoms with Gasteiger partial charge in [0.25, 0.3) is 11.2 Å². The standard InChI is InChI=1S/C25H22N4O4S/c1-3-17-12-14-18(15-13-17)28-24(31)19-8-4-5-9-20(19)27-25(28)34-16(2)23(30)26-21-10-6-7-11-22(21)29(32)33/h4-16H,3H2,1-2H3,(H,26,30). The third kappa shape index (κ3) is 4.69. The van der Waals surface area contributed by atoms with E-state index in [4.69, 9.17) is 0 Å². The number of nitro benzene ring substituents is 1. The third-order valence-electron chi connectivity index (χ3n) is 5.36. The average molecular weight is 475 g/mol. The molecule has 9 heteroatoms. The summed E-state index contributed by atoms with van der Waals surface area (Å²) in [4.78, 5) is 41.7. The molecule has 0 aliphatic heterocycles. The minimum atomic E-state index is -0.686. The van der Waals surface area contributed by atoms with Gasteiger partial charge in [-0.05, 0) is 49.2 Å². The van der Waals surface area contributed by atoms with Crippen molar-refractivity contribution in [1.82, 2.24) is 9.55 Å². The molecule has 0 bridgehead atoms. The fraction of sp³-hybridized carbons (Fsp3) is 0.160. The summed E-state index contributed by atoms with van der Waals surface area (Å²) in [7, 11) is 0. The third-order valence-corrected chi connectivity index (χ3v) is 6.41. The van der Waals surface area contributed by atoms with Gasteiger partial charge < -0.3 is 5.32 Å². The van der Waals surface area contributed by atoms with Crippen molar-refractivity contribution in [1.29, 1.82) is 0 Å². The lowest BCUT2D eigenvalue weighted by atomic mass is 10.1. The number of hydrogen-bond donors (Lipinski definition) is 1.